The van der Waals surface area contributed by atoms with E-state index in [2.05, 4.69) is 48.1 Å². The average molecular weight is 517 g/mol. The van der Waals surface area contributed by atoms with E-state index in [9.17, 15) is 14.4 Å². The van der Waals surface area contributed by atoms with Crippen LogP contribution in [0.5, 0.6) is 0 Å². The molecule has 1 saturated heterocycles. The zero-order valence-corrected chi connectivity index (χ0v) is 23.3. The molecule has 1 saturated carbocycles. The van der Waals surface area contributed by atoms with Crippen molar-refractivity contribution in [1.29, 1.82) is 0 Å². The highest BCUT2D eigenvalue weighted by atomic mass is 16.2. The molecule has 5 rings (SSSR count). The van der Waals surface area contributed by atoms with Gasteiger partial charge in [0.05, 0.1) is 5.52 Å². The standard InChI is InChI=1S/C29H36N6O3/c1-16-8-19(20-12-30-18(3)31-13-20)9-21-25(17(2)36)33-34(26(16)21)14-24(37)35-22(10-29(7)11-23(29)35)27(38)32-15-28(4,5)6/h8-9,12-13,22-23H,10-11,14-15H2,1-7H3,(H,32,38)/t22-,23+,29-/m0/s1. The summed E-state index contributed by atoms with van der Waals surface area (Å²) in [5.41, 5.74) is 3.61. The Hall–Kier alpha value is -3.62. The minimum Gasteiger partial charge on any atom is -0.354 e. The molecule has 2 fully saturated rings. The minimum atomic E-state index is -0.489. The van der Waals surface area contributed by atoms with E-state index in [1.807, 2.05) is 26.0 Å². The van der Waals surface area contributed by atoms with Gasteiger partial charge in [-0.15, -0.1) is 0 Å². The second-order valence-corrected chi connectivity index (χ2v) is 12.4. The summed E-state index contributed by atoms with van der Waals surface area (Å²) in [6, 6.07) is 3.48. The van der Waals surface area contributed by atoms with Crippen molar-refractivity contribution in [2.24, 2.45) is 10.8 Å². The lowest BCUT2D eigenvalue weighted by Crippen LogP contribution is -2.50. The Morgan fingerprint density at radius 1 is 1.08 bits per heavy atom. The molecule has 1 aliphatic heterocycles. The molecule has 2 aromatic heterocycles. The molecule has 2 aliphatic rings. The minimum absolute atomic E-state index is 0.0168. The number of ketones is 1. The molecule has 9 nitrogen and oxygen atoms in total. The highest BCUT2D eigenvalue weighted by molar-refractivity contribution is 6.07. The number of fused-ring (bicyclic) bond motifs is 2. The molecule has 0 radical (unpaired) electrons. The lowest BCUT2D eigenvalue weighted by atomic mass is 9.96. The molecule has 3 heterocycles. The summed E-state index contributed by atoms with van der Waals surface area (Å²) in [5.74, 6) is 0.259. The van der Waals surface area contributed by atoms with E-state index < -0.39 is 6.04 Å². The summed E-state index contributed by atoms with van der Waals surface area (Å²) in [5, 5.41) is 8.33. The molecule has 0 spiro atoms. The maximum Gasteiger partial charge on any atom is 0.245 e. The third kappa shape index (κ3) is 4.70. The lowest BCUT2D eigenvalue weighted by Gasteiger charge is -2.28. The van der Waals surface area contributed by atoms with E-state index >= 15 is 0 Å². The summed E-state index contributed by atoms with van der Waals surface area (Å²) in [7, 11) is 0. The molecule has 2 amide bonds. The number of rotatable bonds is 6. The molecule has 1 aromatic carbocycles. The first kappa shape index (κ1) is 26.0. The number of hydrogen-bond donors (Lipinski definition) is 1. The van der Waals surface area contributed by atoms with Gasteiger partial charge in [0, 0.05) is 42.9 Å². The zero-order valence-electron chi connectivity index (χ0n) is 23.3. The van der Waals surface area contributed by atoms with Crippen LogP contribution in [0.3, 0.4) is 0 Å². The first-order valence-corrected chi connectivity index (χ1v) is 13.2. The van der Waals surface area contributed by atoms with Gasteiger partial charge < -0.3 is 10.2 Å². The fraction of sp³-hybridized carbons (Fsp3) is 0.517. The predicted molar refractivity (Wildman–Crippen MR) is 144 cm³/mol. The third-order valence-corrected chi connectivity index (χ3v) is 7.79. The first-order chi connectivity index (χ1) is 17.8. The average Bonchev–Trinajstić information content (AvgIpc) is 3.19. The van der Waals surface area contributed by atoms with Gasteiger partial charge in [0.1, 0.15) is 24.1 Å². The number of carbonyl (C=O) groups is 3. The van der Waals surface area contributed by atoms with Crippen LogP contribution < -0.4 is 5.32 Å². The number of aryl methyl sites for hydroxylation is 2. The van der Waals surface area contributed by atoms with Gasteiger partial charge in [0.2, 0.25) is 11.8 Å². The van der Waals surface area contributed by atoms with Crippen molar-refractivity contribution in [3.63, 3.8) is 0 Å². The number of piperidine rings is 1. The monoisotopic (exact) mass is 516 g/mol. The summed E-state index contributed by atoms with van der Waals surface area (Å²) in [4.78, 5) is 49.8. The van der Waals surface area contributed by atoms with E-state index in [4.69, 9.17) is 0 Å². The van der Waals surface area contributed by atoms with Gasteiger partial charge in [-0.3, -0.25) is 19.1 Å². The summed E-state index contributed by atoms with van der Waals surface area (Å²) in [6.07, 6.45) is 5.09. The fourth-order valence-corrected chi connectivity index (χ4v) is 5.65. The summed E-state index contributed by atoms with van der Waals surface area (Å²) < 4.78 is 1.63. The van der Waals surface area contributed by atoms with Gasteiger partial charge in [-0.25, -0.2) is 9.97 Å². The highest BCUT2D eigenvalue weighted by Crippen LogP contribution is 2.59. The van der Waals surface area contributed by atoms with Crippen LogP contribution in [-0.4, -0.2) is 60.9 Å². The number of aromatic nitrogens is 4. The number of likely N-dealkylation sites (tertiary alicyclic amines) is 1. The molecule has 9 heteroatoms. The number of benzene rings is 1. The molecule has 0 unspecified atom stereocenters. The summed E-state index contributed by atoms with van der Waals surface area (Å²) in [6.45, 7) is 14.1. The van der Waals surface area contributed by atoms with Gasteiger partial charge in [-0.1, -0.05) is 27.7 Å². The van der Waals surface area contributed by atoms with Crippen LogP contribution in [0.2, 0.25) is 0 Å². The second kappa shape index (κ2) is 8.99. The Morgan fingerprint density at radius 3 is 2.39 bits per heavy atom. The van der Waals surface area contributed by atoms with Gasteiger partial charge in [-0.05, 0) is 60.8 Å². The number of nitrogens with zero attached hydrogens (tertiary/aromatic N) is 5. The van der Waals surface area contributed by atoms with Crippen molar-refractivity contribution in [1.82, 2.24) is 30.0 Å². The van der Waals surface area contributed by atoms with Crippen molar-refractivity contribution in [2.45, 2.75) is 79.9 Å². The van der Waals surface area contributed by atoms with Crippen molar-refractivity contribution < 1.29 is 14.4 Å². The molecular weight excluding hydrogens is 480 g/mol. The van der Waals surface area contributed by atoms with Crippen LogP contribution in [0, 0.1) is 24.7 Å². The molecule has 3 atom stereocenters. The van der Waals surface area contributed by atoms with E-state index in [1.165, 1.54) is 6.92 Å². The Morgan fingerprint density at radius 2 is 1.76 bits per heavy atom. The highest BCUT2D eigenvalue weighted by Gasteiger charge is 2.64. The Kier molecular flexibility index (Phi) is 6.16. The van der Waals surface area contributed by atoms with E-state index in [0.29, 0.717) is 29.9 Å². The fourth-order valence-electron chi connectivity index (χ4n) is 5.65. The molecule has 1 aliphatic carbocycles. The van der Waals surface area contributed by atoms with E-state index in [0.717, 1.165) is 28.6 Å². The van der Waals surface area contributed by atoms with Gasteiger partial charge in [-0.2, -0.15) is 5.10 Å². The normalized spacial score (nSPS) is 22.4. The summed E-state index contributed by atoms with van der Waals surface area (Å²) >= 11 is 0. The second-order valence-electron chi connectivity index (χ2n) is 12.4. The smallest absolute Gasteiger partial charge is 0.245 e. The van der Waals surface area contributed by atoms with E-state index in [-0.39, 0.29) is 41.0 Å². The quantitative estimate of drug-likeness (QED) is 0.498. The van der Waals surface area contributed by atoms with Crippen molar-refractivity contribution in [2.75, 3.05) is 6.54 Å². The molecule has 200 valence electrons. The van der Waals surface area contributed by atoms with Crippen LogP contribution in [0.4, 0.5) is 0 Å². The maximum absolute atomic E-state index is 13.7. The SMILES string of the molecule is CC(=O)c1nn(CC(=O)N2[C@H](C(=O)NCC(C)(C)C)C[C@@]3(C)C[C@@H]23)c2c(C)cc(-c3cnc(C)nc3)cc12. The zero-order chi connectivity index (χ0) is 27.6. The van der Waals surface area contributed by atoms with Crippen LogP contribution in [0.1, 0.15) is 69.3 Å². The Labute approximate surface area is 223 Å². The van der Waals surface area contributed by atoms with Crippen molar-refractivity contribution in [3.8, 4) is 11.1 Å². The van der Waals surface area contributed by atoms with Crippen LogP contribution in [0.25, 0.3) is 22.0 Å². The van der Waals surface area contributed by atoms with Gasteiger partial charge in [0.25, 0.3) is 0 Å². The molecule has 38 heavy (non-hydrogen) atoms. The van der Waals surface area contributed by atoms with Crippen LogP contribution in [0.15, 0.2) is 24.5 Å². The third-order valence-electron chi connectivity index (χ3n) is 7.79. The number of Topliss-reactive ketones (excluding diaryl/α,β-unsaturated/α-hetero) is 1. The van der Waals surface area contributed by atoms with Crippen molar-refractivity contribution >= 4 is 28.5 Å². The van der Waals surface area contributed by atoms with Gasteiger partial charge in [0.15, 0.2) is 5.78 Å². The largest absolute Gasteiger partial charge is 0.354 e. The Bertz CT molecular complexity index is 1450. The maximum atomic E-state index is 13.7. The Balaban J connectivity index is 1.47. The number of amides is 2. The van der Waals surface area contributed by atoms with Crippen LogP contribution >= 0.6 is 0 Å². The topological polar surface area (TPSA) is 110 Å². The van der Waals surface area contributed by atoms with Gasteiger partial charge >= 0.3 is 0 Å². The van der Waals surface area contributed by atoms with E-state index in [1.54, 1.807) is 22.0 Å². The van der Waals surface area contributed by atoms with Crippen molar-refractivity contribution in [3.05, 3.63) is 41.6 Å². The lowest BCUT2D eigenvalue weighted by molar-refractivity contribution is -0.140. The molecular formula is C29H36N6O3. The number of carbonyl (C=O) groups excluding carboxylic acids is 3. The molecule has 1 N–H and O–H groups in total. The predicted octanol–water partition coefficient (Wildman–Crippen LogP) is 3.85. The molecule has 0 bridgehead atoms. The number of hydrogen-bond acceptors (Lipinski definition) is 6. The molecule has 3 aromatic rings. The number of nitrogens with one attached hydrogen (secondary N) is 1. The first-order valence-electron chi connectivity index (χ1n) is 13.2. The van der Waals surface area contributed by atoms with Crippen LogP contribution in [-0.2, 0) is 16.1 Å².